The standard InChI is InChI=1S/C10H10F3N2O2.C9H11F.W/c11-10(12,13)8-6-7(2-1-5-14)3-4-9(8)15(16)17;1-2-3-8-4-6-9(10)7-5-8;/h3-4,6,14H,1-2,5H2;4-7H,2-3H2,1H3;/q-1;;. The predicted molar refractivity (Wildman–Crippen MR) is 96.0 cm³/mol. The molecule has 0 saturated carbocycles. The topological polar surface area (TPSA) is 66.9 Å². The Morgan fingerprint density at radius 1 is 1.04 bits per heavy atom. The fraction of sp³-hybridized carbons (Fsp3) is 0.368. The van der Waals surface area contributed by atoms with Crippen LogP contribution in [0.3, 0.4) is 0 Å². The summed E-state index contributed by atoms with van der Waals surface area (Å²) in [5, 5.41) is 10.5. The number of nitro groups is 1. The molecule has 1 N–H and O–H groups in total. The van der Waals surface area contributed by atoms with E-state index in [4.69, 9.17) is 5.73 Å². The smallest absolute Gasteiger partial charge is 0.423 e. The number of alkyl halides is 3. The molecule has 0 aliphatic heterocycles. The van der Waals surface area contributed by atoms with Gasteiger partial charge >= 0.3 is 6.18 Å². The minimum atomic E-state index is -4.74. The van der Waals surface area contributed by atoms with E-state index in [0.717, 1.165) is 25.0 Å². The number of nitrogens with one attached hydrogen (secondary N) is 1. The summed E-state index contributed by atoms with van der Waals surface area (Å²) in [5.41, 5.74) is 6.31. The van der Waals surface area contributed by atoms with Crippen molar-refractivity contribution >= 4 is 5.69 Å². The van der Waals surface area contributed by atoms with Crippen LogP contribution in [0, 0.1) is 15.9 Å². The van der Waals surface area contributed by atoms with Gasteiger partial charge in [0.05, 0.1) is 4.92 Å². The van der Waals surface area contributed by atoms with Crippen molar-refractivity contribution in [2.24, 2.45) is 0 Å². The second kappa shape index (κ2) is 12.6. The molecule has 28 heavy (non-hydrogen) atoms. The minimum absolute atomic E-state index is 0. The number of hydrogen-bond acceptors (Lipinski definition) is 2. The van der Waals surface area contributed by atoms with E-state index in [1.165, 1.54) is 23.8 Å². The van der Waals surface area contributed by atoms with Crippen LogP contribution in [0.25, 0.3) is 5.73 Å². The van der Waals surface area contributed by atoms with Gasteiger partial charge < -0.3 is 5.73 Å². The van der Waals surface area contributed by atoms with Crippen LogP contribution in [-0.2, 0) is 40.1 Å². The average Bonchev–Trinajstić information content (AvgIpc) is 2.61. The third kappa shape index (κ3) is 8.93. The largest absolute Gasteiger partial charge is 0.677 e. The van der Waals surface area contributed by atoms with Gasteiger partial charge in [-0.1, -0.05) is 38.0 Å². The molecule has 0 aliphatic carbocycles. The zero-order chi connectivity index (χ0) is 20.4. The van der Waals surface area contributed by atoms with Crippen molar-refractivity contribution in [3.8, 4) is 0 Å². The van der Waals surface area contributed by atoms with Crippen LogP contribution in [0.5, 0.6) is 0 Å². The molecule has 2 rings (SSSR count). The molecular weight excluding hydrogens is 548 g/mol. The summed E-state index contributed by atoms with van der Waals surface area (Å²) < 4.78 is 50.0. The normalized spacial score (nSPS) is 10.5. The SMILES string of the molecule is CCCc1ccc(F)cc1.[NH-]CCCc1ccc([N+](=O)[O-])c(C(F)(F)F)c1.[W]. The summed E-state index contributed by atoms with van der Waals surface area (Å²) in [6, 6.07) is 9.62. The molecule has 0 radical (unpaired) electrons. The van der Waals surface area contributed by atoms with Crippen LogP contribution < -0.4 is 0 Å². The molecule has 9 heteroatoms. The fourth-order valence-electron chi connectivity index (χ4n) is 2.36. The Morgan fingerprint density at radius 3 is 2.07 bits per heavy atom. The maximum atomic E-state index is 12.6. The Kier molecular flexibility index (Phi) is 11.8. The van der Waals surface area contributed by atoms with E-state index in [9.17, 15) is 27.7 Å². The van der Waals surface area contributed by atoms with Crippen LogP contribution >= 0.6 is 0 Å². The van der Waals surface area contributed by atoms with Crippen LogP contribution in [0.1, 0.15) is 36.5 Å². The number of benzene rings is 2. The second-order valence-corrected chi connectivity index (χ2v) is 5.84. The van der Waals surface area contributed by atoms with Crippen molar-refractivity contribution in [3.05, 3.63) is 80.8 Å². The maximum absolute atomic E-state index is 12.6. The molecule has 0 fully saturated rings. The summed E-state index contributed by atoms with van der Waals surface area (Å²) in [6.45, 7) is 2.22. The van der Waals surface area contributed by atoms with Gasteiger partial charge in [0.25, 0.3) is 5.69 Å². The van der Waals surface area contributed by atoms with Gasteiger partial charge in [0.15, 0.2) is 0 Å². The first-order valence-corrected chi connectivity index (χ1v) is 8.42. The van der Waals surface area contributed by atoms with Gasteiger partial charge in [-0.2, -0.15) is 19.7 Å². The molecule has 0 heterocycles. The van der Waals surface area contributed by atoms with E-state index in [0.29, 0.717) is 18.4 Å². The van der Waals surface area contributed by atoms with E-state index >= 15 is 0 Å². The first-order chi connectivity index (χ1) is 12.7. The van der Waals surface area contributed by atoms with Crippen LogP contribution in [0.4, 0.5) is 23.2 Å². The average molecular weight is 569 g/mol. The van der Waals surface area contributed by atoms with Crippen molar-refractivity contribution in [2.75, 3.05) is 6.54 Å². The third-order valence-electron chi connectivity index (χ3n) is 3.66. The fourth-order valence-corrected chi connectivity index (χ4v) is 2.36. The Hall–Kier alpha value is -1.79. The number of aryl methyl sites for hydroxylation is 2. The quantitative estimate of drug-likeness (QED) is 0.231. The summed E-state index contributed by atoms with van der Waals surface area (Å²) in [5.74, 6) is -0.153. The summed E-state index contributed by atoms with van der Waals surface area (Å²) in [6.07, 6.45) is -1.84. The predicted octanol–water partition coefficient (Wildman–Crippen LogP) is 6.37. The van der Waals surface area contributed by atoms with E-state index in [2.05, 4.69) is 6.92 Å². The van der Waals surface area contributed by atoms with Gasteiger partial charge in [-0.25, -0.2) is 4.39 Å². The van der Waals surface area contributed by atoms with Crippen molar-refractivity contribution in [3.63, 3.8) is 0 Å². The minimum Gasteiger partial charge on any atom is -0.677 e. The molecule has 2 aromatic carbocycles. The van der Waals surface area contributed by atoms with Gasteiger partial charge in [-0.05, 0) is 42.2 Å². The Bertz CT molecular complexity index is 738. The number of rotatable bonds is 6. The van der Waals surface area contributed by atoms with Gasteiger partial charge in [0, 0.05) is 27.1 Å². The maximum Gasteiger partial charge on any atom is 0.423 e. The third-order valence-corrected chi connectivity index (χ3v) is 3.66. The monoisotopic (exact) mass is 569 g/mol. The molecule has 0 amide bonds. The van der Waals surface area contributed by atoms with Crippen LogP contribution in [-0.4, -0.2) is 11.5 Å². The molecule has 0 aromatic heterocycles. The van der Waals surface area contributed by atoms with Gasteiger partial charge in [-0.15, -0.1) is 0 Å². The van der Waals surface area contributed by atoms with Crippen LogP contribution in [0.15, 0.2) is 42.5 Å². The van der Waals surface area contributed by atoms with Crippen LogP contribution in [0.2, 0.25) is 0 Å². The number of hydrogen-bond donors (Lipinski definition) is 0. The van der Waals surface area contributed by atoms with Crippen molar-refractivity contribution in [2.45, 2.75) is 38.8 Å². The van der Waals surface area contributed by atoms with Crippen molar-refractivity contribution in [1.82, 2.24) is 0 Å². The first-order valence-electron chi connectivity index (χ1n) is 8.42. The molecule has 2 aromatic rings. The molecule has 0 saturated heterocycles. The van der Waals surface area contributed by atoms with E-state index in [-0.39, 0.29) is 33.4 Å². The van der Waals surface area contributed by atoms with Gasteiger partial charge in [-0.3, -0.25) is 10.1 Å². The Morgan fingerprint density at radius 2 is 1.61 bits per heavy atom. The van der Waals surface area contributed by atoms with Gasteiger partial charge in [0.2, 0.25) is 0 Å². The van der Waals surface area contributed by atoms with E-state index < -0.39 is 22.4 Å². The zero-order valence-electron chi connectivity index (χ0n) is 15.3. The zero-order valence-corrected chi connectivity index (χ0v) is 18.2. The molecule has 0 bridgehead atoms. The van der Waals surface area contributed by atoms with Crippen molar-refractivity contribution in [1.29, 1.82) is 0 Å². The molecule has 0 aliphatic rings. The Labute approximate surface area is 175 Å². The molecular formula is C19H21F4N2O2W-. The van der Waals surface area contributed by atoms with Gasteiger partial charge in [0.1, 0.15) is 11.4 Å². The molecule has 0 unspecified atom stereocenters. The number of nitrogens with zero attached hydrogens (tertiary/aromatic N) is 1. The van der Waals surface area contributed by atoms with Crippen molar-refractivity contribution < 1.29 is 43.6 Å². The number of halogens is 4. The molecule has 0 spiro atoms. The summed E-state index contributed by atoms with van der Waals surface area (Å²) in [4.78, 5) is 9.42. The Balaban J connectivity index is 0.000000567. The van der Waals surface area contributed by atoms with E-state index in [1.54, 1.807) is 0 Å². The van der Waals surface area contributed by atoms with E-state index in [1.807, 2.05) is 12.1 Å². The summed E-state index contributed by atoms with van der Waals surface area (Å²) in [7, 11) is 0. The second-order valence-electron chi connectivity index (χ2n) is 5.84. The molecule has 154 valence electrons. The number of nitro benzene ring substituents is 1. The summed E-state index contributed by atoms with van der Waals surface area (Å²) >= 11 is 0. The first kappa shape index (κ1) is 26.2. The molecule has 0 atom stereocenters. The molecule has 4 nitrogen and oxygen atoms in total.